The highest BCUT2D eigenvalue weighted by atomic mass is 16.4. The Balaban J connectivity index is 1.39. The fourth-order valence-corrected chi connectivity index (χ4v) is 3.89. The van der Waals surface area contributed by atoms with Crippen LogP contribution in [0.1, 0.15) is 36.0 Å². The van der Waals surface area contributed by atoms with E-state index in [2.05, 4.69) is 5.32 Å². The third kappa shape index (κ3) is 3.43. The maximum atomic E-state index is 12.8. The molecule has 0 bridgehead atoms. The second-order valence-corrected chi connectivity index (χ2v) is 7.32. The number of rotatable bonds is 2. The summed E-state index contributed by atoms with van der Waals surface area (Å²) in [5.41, 5.74) is 1.58. The summed E-state index contributed by atoms with van der Waals surface area (Å²) in [6.45, 7) is 2.05. The molecule has 1 saturated carbocycles. The number of piperazine rings is 1. The summed E-state index contributed by atoms with van der Waals surface area (Å²) in [6.07, 6.45) is 4.48. The second kappa shape index (κ2) is 7.09. The predicted octanol–water partition coefficient (Wildman–Crippen LogP) is 1.54. The van der Waals surface area contributed by atoms with E-state index in [1.54, 1.807) is 35.0 Å². The van der Waals surface area contributed by atoms with E-state index in [-0.39, 0.29) is 11.9 Å². The Hall–Kier alpha value is -2.77. The molecule has 0 atom stereocenters. The van der Waals surface area contributed by atoms with E-state index in [1.807, 2.05) is 0 Å². The van der Waals surface area contributed by atoms with Crippen molar-refractivity contribution in [3.63, 3.8) is 0 Å². The highest BCUT2D eigenvalue weighted by molar-refractivity contribution is 5.97. The molecule has 0 unspecified atom stereocenters. The molecule has 144 valence electrons. The summed E-state index contributed by atoms with van der Waals surface area (Å²) in [4.78, 5) is 40.3. The Morgan fingerprint density at radius 1 is 1.07 bits per heavy atom. The molecular weight excluding hydrogens is 348 g/mol. The summed E-state index contributed by atoms with van der Waals surface area (Å²) in [5.74, 6) is -0.544. The monoisotopic (exact) mass is 372 g/mol. The van der Waals surface area contributed by atoms with E-state index in [9.17, 15) is 14.4 Å². The standard InChI is InChI=1S/C19H24N4O4/c1-21-15-12-13(6-7-16(15)27-19(21)26)17(24)22-8-10-23(11-9-22)18(25)20-14-4-2-3-5-14/h6-7,12,14H,2-5,8-11H2,1H3,(H,20,25). The Bertz CT molecular complexity index is 917. The van der Waals surface area contributed by atoms with Gasteiger partial charge in [0.25, 0.3) is 5.91 Å². The van der Waals surface area contributed by atoms with Gasteiger partial charge in [-0.3, -0.25) is 9.36 Å². The largest absolute Gasteiger partial charge is 0.419 e. The first kappa shape index (κ1) is 17.6. The van der Waals surface area contributed by atoms with Crippen molar-refractivity contribution in [3.8, 4) is 0 Å². The third-order valence-electron chi connectivity index (χ3n) is 5.58. The third-order valence-corrected chi connectivity index (χ3v) is 5.58. The number of benzene rings is 1. The van der Waals surface area contributed by atoms with Gasteiger partial charge >= 0.3 is 11.8 Å². The Labute approximate surface area is 156 Å². The zero-order valence-electron chi connectivity index (χ0n) is 15.4. The molecule has 3 amide bonds. The van der Waals surface area contributed by atoms with Crippen LogP contribution in [0.2, 0.25) is 0 Å². The zero-order chi connectivity index (χ0) is 19.0. The van der Waals surface area contributed by atoms with Gasteiger partial charge in [0.15, 0.2) is 5.58 Å². The lowest BCUT2D eigenvalue weighted by Gasteiger charge is -2.35. The van der Waals surface area contributed by atoms with Crippen LogP contribution in [0.15, 0.2) is 27.4 Å². The average Bonchev–Trinajstić information content (AvgIpc) is 3.29. The molecule has 2 aromatic rings. The van der Waals surface area contributed by atoms with E-state index < -0.39 is 5.76 Å². The quantitative estimate of drug-likeness (QED) is 0.866. The number of nitrogens with zero attached hydrogens (tertiary/aromatic N) is 3. The molecule has 2 aliphatic rings. The van der Waals surface area contributed by atoms with Gasteiger partial charge in [-0.05, 0) is 31.0 Å². The first-order valence-electron chi connectivity index (χ1n) is 9.47. The van der Waals surface area contributed by atoms with Crippen LogP contribution in [-0.2, 0) is 7.05 Å². The van der Waals surface area contributed by atoms with Crippen LogP contribution in [0.5, 0.6) is 0 Å². The van der Waals surface area contributed by atoms with Crippen molar-refractivity contribution in [3.05, 3.63) is 34.3 Å². The number of carbonyl (C=O) groups is 2. The van der Waals surface area contributed by atoms with Crippen LogP contribution < -0.4 is 11.1 Å². The first-order chi connectivity index (χ1) is 13.0. The number of hydrogen-bond acceptors (Lipinski definition) is 4. The minimum atomic E-state index is -0.448. The van der Waals surface area contributed by atoms with E-state index >= 15 is 0 Å². The molecule has 1 aromatic carbocycles. The van der Waals surface area contributed by atoms with Crippen LogP contribution in [0.3, 0.4) is 0 Å². The zero-order valence-corrected chi connectivity index (χ0v) is 15.4. The molecule has 2 heterocycles. The molecule has 0 spiro atoms. The molecule has 8 heteroatoms. The number of fused-ring (bicyclic) bond motifs is 1. The van der Waals surface area contributed by atoms with Crippen molar-refractivity contribution >= 4 is 23.0 Å². The molecule has 8 nitrogen and oxygen atoms in total. The molecule has 27 heavy (non-hydrogen) atoms. The lowest BCUT2D eigenvalue weighted by Crippen LogP contribution is -2.54. The summed E-state index contributed by atoms with van der Waals surface area (Å²) in [6, 6.07) is 5.28. The minimum absolute atomic E-state index is 0.0242. The van der Waals surface area contributed by atoms with Crippen molar-refractivity contribution in [1.29, 1.82) is 0 Å². The number of carbonyl (C=O) groups excluding carboxylic acids is 2. The summed E-state index contributed by atoms with van der Waals surface area (Å²) >= 11 is 0. The van der Waals surface area contributed by atoms with Crippen LogP contribution in [0.25, 0.3) is 11.1 Å². The number of hydrogen-bond donors (Lipinski definition) is 1. The van der Waals surface area contributed by atoms with E-state index in [0.717, 1.165) is 12.8 Å². The average molecular weight is 372 g/mol. The van der Waals surface area contributed by atoms with Crippen molar-refractivity contribution in [1.82, 2.24) is 19.7 Å². The van der Waals surface area contributed by atoms with Crippen LogP contribution in [0.4, 0.5) is 4.79 Å². The van der Waals surface area contributed by atoms with Crippen molar-refractivity contribution in [2.24, 2.45) is 7.05 Å². The smallest absolute Gasteiger partial charge is 0.408 e. The Kier molecular flexibility index (Phi) is 4.63. The number of urea groups is 1. The number of aromatic nitrogens is 1. The van der Waals surface area contributed by atoms with E-state index in [0.29, 0.717) is 48.9 Å². The molecule has 2 fully saturated rings. The van der Waals surface area contributed by atoms with Crippen LogP contribution >= 0.6 is 0 Å². The molecule has 4 rings (SSSR count). The summed E-state index contributed by atoms with van der Waals surface area (Å²) in [7, 11) is 1.62. The normalized spacial score (nSPS) is 18.3. The first-order valence-corrected chi connectivity index (χ1v) is 9.47. The van der Waals surface area contributed by atoms with Gasteiger partial charge in [0, 0.05) is 44.8 Å². The van der Waals surface area contributed by atoms with Gasteiger partial charge in [0.2, 0.25) is 0 Å². The van der Waals surface area contributed by atoms with Gasteiger partial charge in [-0.2, -0.15) is 0 Å². The molecule has 1 aliphatic heterocycles. The van der Waals surface area contributed by atoms with Gasteiger partial charge in [-0.25, -0.2) is 9.59 Å². The van der Waals surface area contributed by atoms with Crippen molar-refractivity contribution in [2.75, 3.05) is 26.2 Å². The number of amides is 3. The molecule has 1 aliphatic carbocycles. The summed E-state index contributed by atoms with van der Waals surface area (Å²) in [5, 5.41) is 3.09. The SMILES string of the molecule is Cn1c(=O)oc2ccc(C(=O)N3CCN(C(=O)NC4CCCC4)CC3)cc21. The molecule has 1 aromatic heterocycles. The predicted molar refractivity (Wildman–Crippen MR) is 99.7 cm³/mol. The molecule has 1 saturated heterocycles. The van der Waals surface area contributed by atoms with Crippen molar-refractivity contribution < 1.29 is 14.0 Å². The van der Waals surface area contributed by atoms with Gasteiger partial charge in [-0.1, -0.05) is 12.8 Å². The lowest BCUT2D eigenvalue weighted by molar-refractivity contribution is 0.0663. The molecule has 1 N–H and O–H groups in total. The van der Waals surface area contributed by atoms with Gasteiger partial charge in [0.05, 0.1) is 5.52 Å². The Morgan fingerprint density at radius 2 is 1.74 bits per heavy atom. The summed E-state index contributed by atoms with van der Waals surface area (Å²) < 4.78 is 6.49. The van der Waals surface area contributed by atoms with Crippen LogP contribution in [-0.4, -0.2) is 58.5 Å². The molecule has 0 radical (unpaired) electrons. The lowest BCUT2D eigenvalue weighted by atomic mass is 10.1. The minimum Gasteiger partial charge on any atom is -0.408 e. The van der Waals surface area contributed by atoms with Crippen LogP contribution in [0, 0.1) is 0 Å². The second-order valence-electron chi connectivity index (χ2n) is 7.32. The number of oxazole rings is 1. The van der Waals surface area contributed by atoms with Gasteiger partial charge in [-0.15, -0.1) is 0 Å². The molecular formula is C19H24N4O4. The fraction of sp³-hybridized carbons (Fsp3) is 0.526. The van der Waals surface area contributed by atoms with Gasteiger partial charge in [0.1, 0.15) is 0 Å². The maximum absolute atomic E-state index is 12.8. The Morgan fingerprint density at radius 3 is 2.44 bits per heavy atom. The van der Waals surface area contributed by atoms with Gasteiger partial charge < -0.3 is 19.5 Å². The highest BCUT2D eigenvalue weighted by Crippen LogP contribution is 2.19. The van der Waals surface area contributed by atoms with Crippen molar-refractivity contribution in [2.45, 2.75) is 31.7 Å². The topological polar surface area (TPSA) is 87.8 Å². The fourth-order valence-electron chi connectivity index (χ4n) is 3.89. The highest BCUT2D eigenvalue weighted by Gasteiger charge is 2.27. The number of aryl methyl sites for hydroxylation is 1. The maximum Gasteiger partial charge on any atom is 0.419 e. The van der Waals surface area contributed by atoms with E-state index in [1.165, 1.54) is 17.4 Å². The number of nitrogens with one attached hydrogen (secondary N) is 1. The van der Waals surface area contributed by atoms with E-state index in [4.69, 9.17) is 4.42 Å².